The molecule has 0 saturated heterocycles. The average Bonchev–Trinajstić information content (AvgIpc) is 2.80. The molecule has 0 bridgehead atoms. The summed E-state index contributed by atoms with van der Waals surface area (Å²) < 4.78 is 38.4. The van der Waals surface area contributed by atoms with Crippen LogP contribution in [0.25, 0.3) is 0 Å². The molecule has 0 aliphatic heterocycles. The van der Waals surface area contributed by atoms with E-state index in [1.165, 1.54) is 26.4 Å². The largest absolute Gasteiger partial charge is 0.493 e. The summed E-state index contributed by atoms with van der Waals surface area (Å²) in [5.74, 6) is 0.411. The molecule has 0 fully saturated rings. The van der Waals surface area contributed by atoms with Crippen LogP contribution in [0, 0.1) is 6.92 Å². The maximum atomic E-state index is 13.4. The van der Waals surface area contributed by atoms with Gasteiger partial charge in [-0.25, -0.2) is 8.42 Å². The van der Waals surface area contributed by atoms with Gasteiger partial charge >= 0.3 is 0 Å². The molecule has 32 heavy (non-hydrogen) atoms. The summed E-state index contributed by atoms with van der Waals surface area (Å²) in [6.45, 7) is 1.25. The van der Waals surface area contributed by atoms with Crippen molar-refractivity contribution in [1.82, 2.24) is 0 Å². The fourth-order valence-corrected chi connectivity index (χ4v) is 4.80. The molecular formula is C23H23ClN2O5S. The number of hydrogen-bond donors (Lipinski definition) is 1. The Labute approximate surface area is 192 Å². The van der Waals surface area contributed by atoms with E-state index in [4.69, 9.17) is 21.1 Å². The van der Waals surface area contributed by atoms with Gasteiger partial charge in [-0.05, 0) is 48.9 Å². The van der Waals surface area contributed by atoms with E-state index in [-0.39, 0.29) is 4.90 Å². The monoisotopic (exact) mass is 474 g/mol. The standard InChI is InChI=1S/C23H23ClN2O5S/c1-16-19(24)10-7-11-20(16)26(32(28,29)18-8-5-4-6-9-18)15-23(27)25-17-12-13-21(30-2)22(14-17)31-3/h4-14H,15H2,1-3H3,(H,25,27). The van der Waals surface area contributed by atoms with E-state index in [9.17, 15) is 13.2 Å². The van der Waals surface area contributed by atoms with Crippen molar-refractivity contribution < 1.29 is 22.7 Å². The van der Waals surface area contributed by atoms with E-state index in [2.05, 4.69) is 5.32 Å². The fraction of sp³-hybridized carbons (Fsp3) is 0.174. The smallest absolute Gasteiger partial charge is 0.264 e. The van der Waals surface area contributed by atoms with E-state index in [0.717, 1.165) is 4.31 Å². The van der Waals surface area contributed by atoms with Crippen molar-refractivity contribution in [3.8, 4) is 11.5 Å². The lowest BCUT2D eigenvalue weighted by molar-refractivity contribution is -0.114. The summed E-state index contributed by atoms with van der Waals surface area (Å²) >= 11 is 6.23. The van der Waals surface area contributed by atoms with Gasteiger partial charge in [0.15, 0.2) is 11.5 Å². The molecule has 3 aromatic rings. The fourth-order valence-electron chi connectivity index (χ4n) is 3.13. The summed E-state index contributed by atoms with van der Waals surface area (Å²) in [4.78, 5) is 13.0. The molecule has 0 spiro atoms. The lowest BCUT2D eigenvalue weighted by Gasteiger charge is -2.26. The average molecular weight is 475 g/mol. The second-order valence-electron chi connectivity index (χ2n) is 6.83. The maximum absolute atomic E-state index is 13.4. The molecule has 0 atom stereocenters. The molecule has 0 aliphatic rings. The molecule has 0 unspecified atom stereocenters. The van der Waals surface area contributed by atoms with Crippen LogP contribution in [0.3, 0.4) is 0 Å². The van der Waals surface area contributed by atoms with Crippen LogP contribution in [-0.4, -0.2) is 35.1 Å². The van der Waals surface area contributed by atoms with Crippen LogP contribution in [0.4, 0.5) is 11.4 Å². The molecule has 0 saturated carbocycles. The molecule has 3 rings (SSSR count). The van der Waals surface area contributed by atoms with Gasteiger partial charge in [0.1, 0.15) is 6.54 Å². The van der Waals surface area contributed by atoms with Gasteiger partial charge in [-0.15, -0.1) is 0 Å². The number of rotatable bonds is 8. The lowest BCUT2D eigenvalue weighted by Crippen LogP contribution is -2.38. The van der Waals surface area contributed by atoms with Gasteiger partial charge in [0, 0.05) is 16.8 Å². The minimum absolute atomic E-state index is 0.0679. The predicted molar refractivity (Wildman–Crippen MR) is 125 cm³/mol. The molecule has 0 radical (unpaired) electrons. The Morgan fingerprint density at radius 2 is 1.66 bits per heavy atom. The highest BCUT2D eigenvalue weighted by molar-refractivity contribution is 7.92. The van der Waals surface area contributed by atoms with Gasteiger partial charge in [0.25, 0.3) is 10.0 Å². The van der Waals surface area contributed by atoms with Crippen molar-refractivity contribution >= 4 is 38.9 Å². The van der Waals surface area contributed by atoms with E-state index in [1.54, 1.807) is 61.5 Å². The van der Waals surface area contributed by atoms with Gasteiger partial charge in [-0.2, -0.15) is 0 Å². The van der Waals surface area contributed by atoms with Crippen LogP contribution in [0.1, 0.15) is 5.56 Å². The summed E-state index contributed by atoms with van der Waals surface area (Å²) in [5.41, 5.74) is 1.31. The summed E-state index contributed by atoms with van der Waals surface area (Å²) in [6, 6.07) is 17.7. The number of benzene rings is 3. The Morgan fingerprint density at radius 3 is 2.31 bits per heavy atom. The number of nitrogens with one attached hydrogen (secondary N) is 1. The number of carbonyl (C=O) groups excluding carboxylic acids is 1. The van der Waals surface area contributed by atoms with E-state index in [1.807, 2.05) is 0 Å². The zero-order valence-electron chi connectivity index (χ0n) is 17.8. The Kier molecular flexibility index (Phi) is 7.27. The van der Waals surface area contributed by atoms with Gasteiger partial charge in [0.05, 0.1) is 24.8 Å². The van der Waals surface area contributed by atoms with Crippen molar-refractivity contribution in [2.24, 2.45) is 0 Å². The lowest BCUT2D eigenvalue weighted by atomic mass is 10.2. The number of sulfonamides is 1. The van der Waals surface area contributed by atoms with Gasteiger partial charge in [0.2, 0.25) is 5.91 Å². The first-order chi connectivity index (χ1) is 15.3. The number of carbonyl (C=O) groups is 1. The third-order valence-electron chi connectivity index (χ3n) is 4.79. The van der Waals surface area contributed by atoms with Crippen molar-refractivity contribution in [2.45, 2.75) is 11.8 Å². The molecule has 1 amide bonds. The van der Waals surface area contributed by atoms with Gasteiger partial charge < -0.3 is 14.8 Å². The Hall–Kier alpha value is -3.23. The summed E-state index contributed by atoms with van der Waals surface area (Å²) in [7, 11) is -1.04. The Morgan fingerprint density at radius 1 is 0.969 bits per heavy atom. The first-order valence-corrected chi connectivity index (χ1v) is 11.4. The Balaban J connectivity index is 1.96. The van der Waals surface area contributed by atoms with Crippen LogP contribution >= 0.6 is 11.6 Å². The SMILES string of the molecule is COc1ccc(NC(=O)CN(c2cccc(Cl)c2C)S(=O)(=O)c2ccccc2)cc1OC. The molecule has 7 nitrogen and oxygen atoms in total. The van der Waals surface area contributed by atoms with Crippen molar-refractivity contribution in [3.05, 3.63) is 77.3 Å². The summed E-state index contributed by atoms with van der Waals surface area (Å²) in [5, 5.41) is 3.11. The van der Waals surface area contributed by atoms with Gasteiger partial charge in [-0.1, -0.05) is 35.9 Å². The Bertz CT molecular complexity index is 1220. The third kappa shape index (κ3) is 4.98. The topological polar surface area (TPSA) is 84.9 Å². The molecule has 3 aromatic carbocycles. The number of ether oxygens (including phenoxy) is 2. The molecule has 0 heterocycles. The number of halogens is 1. The maximum Gasteiger partial charge on any atom is 0.264 e. The number of amides is 1. The van der Waals surface area contributed by atoms with E-state index < -0.39 is 22.5 Å². The zero-order chi connectivity index (χ0) is 23.3. The van der Waals surface area contributed by atoms with E-state index in [0.29, 0.717) is 33.5 Å². The molecule has 1 N–H and O–H groups in total. The first kappa shape index (κ1) is 23.4. The number of anilines is 2. The van der Waals surface area contributed by atoms with Crippen molar-refractivity contribution in [1.29, 1.82) is 0 Å². The highest BCUT2D eigenvalue weighted by atomic mass is 35.5. The van der Waals surface area contributed by atoms with Gasteiger partial charge in [-0.3, -0.25) is 9.10 Å². The minimum Gasteiger partial charge on any atom is -0.493 e. The highest BCUT2D eigenvalue weighted by Crippen LogP contribution is 2.32. The van der Waals surface area contributed by atoms with Crippen LogP contribution < -0.4 is 19.1 Å². The zero-order valence-corrected chi connectivity index (χ0v) is 19.4. The van der Waals surface area contributed by atoms with E-state index >= 15 is 0 Å². The number of methoxy groups -OCH3 is 2. The first-order valence-electron chi connectivity index (χ1n) is 9.62. The van der Waals surface area contributed by atoms with Crippen molar-refractivity contribution in [3.63, 3.8) is 0 Å². The minimum atomic E-state index is -4.04. The second kappa shape index (κ2) is 9.93. The van der Waals surface area contributed by atoms with Crippen LogP contribution in [0.5, 0.6) is 11.5 Å². The quantitative estimate of drug-likeness (QED) is 0.519. The normalized spacial score (nSPS) is 11.0. The molecule has 9 heteroatoms. The number of hydrogen-bond acceptors (Lipinski definition) is 5. The molecule has 0 aromatic heterocycles. The molecular weight excluding hydrogens is 452 g/mol. The highest BCUT2D eigenvalue weighted by Gasteiger charge is 2.28. The number of nitrogens with zero attached hydrogens (tertiary/aromatic N) is 1. The van der Waals surface area contributed by atoms with Crippen LogP contribution in [-0.2, 0) is 14.8 Å². The predicted octanol–water partition coefficient (Wildman–Crippen LogP) is 4.50. The second-order valence-corrected chi connectivity index (χ2v) is 9.10. The summed E-state index contributed by atoms with van der Waals surface area (Å²) in [6.07, 6.45) is 0. The molecule has 168 valence electrons. The van der Waals surface area contributed by atoms with Crippen LogP contribution in [0.15, 0.2) is 71.6 Å². The molecule has 0 aliphatic carbocycles. The van der Waals surface area contributed by atoms with Crippen molar-refractivity contribution in [2.75, 3.05) is 30.4 Å². The third-order valence-corrected chi connectivity index (χ3v) is 6.98. The van der Waals surface area contributed by atoms with Crippen LogP contribution in [0.2, 0.25) is 5.02 Å².